The molecule has 5 heteroatoms. The van der Waals surface area contributed by atoms with Gasteiger partial charge in [-0.1, -0.05) is 0 Å². The Bertz CT molecular complexity index is 117. The molecule has 5 nitrogen and oxygen atoms in total. The van der Waals surface area contributed by atoms with Gasteiger partial charge in [0.15, 0.2) is 0 Å². The SMILES string of the molecule is NC(N)CCCCOCCCCC(N)N. The van der Waals surface area contributed by atoms with E-state index in [0.29, 0.717) is 0 Å². The van der Waals surface area contributed by atoms with Gasteiger partial charge in [0.2, 0.25) is 0 Å². The monoisotopic (exact) mass is 218 g/mol. The van der Waals surface area contributed by atoms with Crippen molar-refractivity contribution >= 4 is 0 Å². The molecule has 0 aliphatic carbocycles. The zero-order valence-corrected chi connectivity index (χ0v) is 9.53. The van der Waals surface area contributed by atoms with Crippen molar-refractivity contribution in [3.05, 3.63) is 0 Å². The number of rotatable bonds is 10. The molecular formula is C10H26N4O. The molecule has 0 fully saturated rings. The highest BCUT2D eigenvalue weighted by atomic mass is 16.5. The lowest BCUT2D eigenvalue weighted by molar-refractivity contribution is 0.125. The van der Waals surface area contributed by atoms with Crippen molar-refractivity contribution in [1.29, 1.82) is 0 Å². The van der Waals surface area contributed by atoms with Crippen LogP contribution >= 0.6 is 0 Å². The van der Waals surface area contributed by atoms with E-state index in [0.717, 1.165) is 51.7 Å². The lowest BCUT2D eigenvalue weighted by Crippen LogP contribution is -2.30. The Morgan fingerprint density at radius 3 is 1.40 bits per heavy atom. The summed E-state index contributed by atoms with van der Waals surface area (Å²) >= 11 is 0. The first-order chi connectivity index (χ1) is 7.13. The maximum absolute atomic E-state index is 5.43. The van der Waals surface area contributed by atoms with E-state index in [2.05, 4.69) is 0 Å². The minimum Gasteiger partial charge on any atom is -0.381 e. The van der Waals surface area contributed by atoms with E-state index in [1.54, 1.807) is 0 Å². The first-order valence-corrected chi connectivity index (χ1v) is 5.73. The lowest BCUT2D eigenvalue weighted by Gasteiger charge is -2.07. The van der Waals surface area contributed by atoms with Gasteiger partial charge in [-0.15, -0.1) is 0 Å². The van der Waals surface area contributed by atoms with Crippen molar-refractivity contribution in [2.24, 2.45) is 22.9 Å². The van der Waals surface area contributed by atoms with Gasteiger partial charge in [-0.3, -0.25) is 0 Å². The van der Waals surface area contributed by atoms with Gasteiger partial charge in [-0.2, -0.15) is 0 Å². The van der Waals surface area contributed by atoms with E-state index in [1.807, 2.05) is 0 Å². The maximum Gasteiger partial charge on any atom is 0.0520 e. The summed E-state index contributed by atoms with van der Waals surface area (Å²) in [6.07, 6.45) is 5.49. The Balaban J connectivity index is 2.93. The molecule has 0 saturated carbocycles. The van der Waals surface area contributed by atoms with Crippen LogP contribution in [-0.2, 0) is 4.74 Å². The molecule has 0 rings (SSSR count). The number of hydrogen-bond donors (Lipinski definition) is 4. The van der Waals surface area contributed by atoms with Crippen LogP contribution in [0.15, 0.2) is 0 Å². The summed E-state index contributed by atoms with van der Waals surface area (Å²) in [7, 11) is 0. The minimum absolute atomic E-state index is 0.184. The van der Waals surface area contributed by atoms with E-state index in [1.165, 1.54) is 0 Å². The molecule has 92 valence electrons. The molecule has 0 radical (unpaired) electrons. The van der Waals surface area contributed by atoms with E-state index in [4.69, 9.17) is 27.7 Å². The predicted molar refractivity (Wildman–Crippen MR) is 62.8 cm³/mol. The van der Waals surface area contributed by atoms with Gasteiger partial charge >= 0.3 is 0 Å². The van der Waals surface area contributed by atoms with Gasteiger partial charge < -0.3 is 27.7 Å². The highest BCUT2D eigenvalue weighted by Crippen LogP contribution is 1.99. The molecule has 0 amide bonds. The van der Waals surface area contributed by atoms with Crippen molar-refractivity contribution in [2.75, 3.05) is 13.2 Å². The molecule has 8 N–H and O–H groups in total. The summed E-state index contributed by atoms with van der Waals surface area (Å²) in [5.41, 5.74) is 21.7. The van der Waals surface area contributed by atoms with Crippen molar-refractivity contribution in [1.82, 2.24) is 0 Å². The van der Waals surface area contributed by atoms with Gasteiger partial charge in [0, 0.05) is 13.2 Å². The average Bonchev–Trinajstić information content (AvgIpc) is 2.14. The molecule has 0 heterocycles. The topological polar surface area (TPSA) is 113 Å². The summed E-state index contributed by atoms with van der Waals surface area (Å²) in [6, 6.07) is 0. The molecule has 0 saturated heterocycles. The zero-order chi connectivity index (χ0) is 11.5. The Labute approximate surface area is 92.5 Å². The van der Waals surface area contributed by atoms with Crippen molar-refractivity contribution in [3.63, 3.8) is 0 Å². The van der Waals surface area contributed by atoms with Crippen molar-refractivity contribution in [3.8, 4) is 0 Å². The van der Waals surface area contributed by atoms with Crippen molar-refractivity contribution in [2.45, 2.75) is 50.9 Å². The minimum atomic E-state index is -0.184. The molecule has 0 aromatic rings. The fourth-order valence-electron chi connectivity index (χ4n) is 1.27. The third-order valence-corrected chi connectivity index (χ3v) is 2.15. The summed E-state index contributed by atoms with van der Waals surface area (Å²) < 4.78 is 5.43. The fraction of sp³-hybridized carbons (Fsp3) is 1.00. The van der Waals surface area contributed by atoms with E-state index in [-0.39, 0.29) is 12.3 Å². The summed E-state index contributed by atoms with van der Waals surface area (Å²) in [5, 5.41) is 0. The summed E-state index contributed by atoms with van der Waals surface area (Å²) in [6.45, 7) is 1.59. The first kappa shape index (κ1) is 14.8. The molecular weight excluding hydrogens is 192 g/mol. The highest BCUT2D eigenvalue weighted by molar-refractivity contribution is 4.52. The third-order valence-electron chi connectivity index (χ3n) is 2.15. The highest BCUT2D eigenvalue weighted by Gasteiger charge is 1.96. The molecule has 0 spiro atoms. The summed E-state index contributed by atoms with van der Waals surface area (Å²) in [5.74, 6) is 0. The van der Waals surface area contributed by atoms with Crippen LogP contribution in [0.1, 0.15) is 38.5 Å². The second-order valence-corrected chi connectivity index (χ2v) is 3.93. The lowest BCUT2D eigenvalue weighted by atomic mass is 10.2. The molecule has 0 bridgehead atoms. The van der Waals surface area contributed by atoms with Crippen LogP contribution in [-0.4, -0.2) is 25.5 Å². The van der Waals surface area contributed by atoms with E-state index >= 15 is 0 Å². The molecule has 0 unspecified atom stereocenters. The Morgan fingerprint density at radius 2 is 1.07 bits per heavy atom. The van der Waals surface area contributed by atoms with Crippen LogP contribution in [0.2, 0.25) is 0 Å². The molecule has 0 aromatic carbocycles. The number of ether oxygens (including phenoxy) is 1. The summed E-state index contributed by atoms with van der Waals surface area (Å²) in [4.78, 5) is 0. The number of unbranched alkanes of at least 4 members (excludes halogenated alkanes) is 2. The average molecular weight is 218 g/mol. The quantitative estimate of drug-likeness (QED) is 0.300. The van der Waals surface area contributed by atoms with Gasteiger partial charge in [-0.05, 0) is 38.5 Å². The number of hydrogen-bond acceptors (Lipinski definition) is 5. The van der Waals surface area contributed by atoms with Crippen LogP contribution < -0.4 is 22.9 Å². The Morgan fingerprint density at radius 1 is 0.667 bits per heavy atom. The Kier molecular flexibility index (Phi) is 10.2. The molecule has 0 atom stereocenters. The van der Waals surface area contributed by atoms with Gasteiger partial charge in [0.25, 0.3) is 0 Å². The van der Waals surface area contributed by atoms with Crippen molar-refractivity contribution < 1.29 is 4.74 Å². The van der Waals surface area contributed by atoms with Crippen LogP contribution in [0.25, 0.3) is 0 Å². The molecule has 15 heavy (non-hydrogen) atoms. The first-order valence-electron chi connectivity index (χ1n) is 5.73. The predicted octanol–water partition coefficient (Wildman–Crippen LogP) is -0.169. The molecule has 0 aromatic heterocycles. The molecule has 0 aliphatic rings. The van der Waals surface area contributed by atoms with Gasteiger partial charge in [0.05, 0.1) is 12.3 Å². The van der Waals surface area contributed by atoms with Crippen LogP contribution in [0, 0.1) is 0 Å². The van der Waals surface area contributed by atoms with Gasteiger partial charge in [-0.25, -0.2) is 0 Å². The Hall–Kier alpha value is -0.200. The normalized spacial score (nSPS) is 11.6. The van der Waals surface area contributed by atoms with E-state index < -0.39 is 0 Å². The van der Waals surface area contributed by atoms with Crippen LogP contribution in [0.5, 0.6) is 0 Å². The standard InChI is InChI=1S/C10H26N4O/c11-9(12)5-1-3-7-15-8-4-2-6-10(13)14/h9-10H,1-8,11-14H2. The number of nitrogens with two attached hydrogens (primary N) is 4. The van der Waals surface area contributed by atoms with Gasteiger partial charge in [0.1, 0.15) is 0 Å². The fourth-order valence-corrected chi connectivity index (χ4v) is 1.27. The smallest absolute Gasteiger partial charge is 0.0520 e. The largest absolute Gasteiger partial charge is 0.381 e. The second kappa shape index (κ2) is 10.3. The van der Waals surface area contributed by atoms with Crippen LogP contribution in [0.3, 0.4) is 0 Å². The third kappa shape index (κ3) is 13.8. The second-order valence-electron chi connectivity index (χ2n) is 3.93. The van der Waals surface area contributed by atoms with E-state index in [9.17, 15) is 0 Å². The maximum atomic E-state index is 5.43. The van der Waals surface area contributed by atoms with Crippen LogP contribution in [0.4, 0.5) is 0 Å². The molecule has 0 aliphatic heterocycles. The zero-order valence-electron chi connectivity index (χ0n) is 9.53.